The van der Waals surface area contributed by atoms with E-state index in [-0.39, 0.29) is 44.1 Å². The molecule has 3 amide bonds. The molecule has 0 rings (SSSR count). The van der Waals surface area contributed by atoms with Gasteiger partial charge < -0.3 is 48.5 Å². The molecule has 206 valence electrons. The normalized spacial score (nSPS) is 15.1. The highest BCUT2D eigenvalue weighted by Gasteiger charge is 2.31. The van der Waals surface area contributed by atoms with Crippen LogP contribution in [-0.4, -0.2) is 87.8 Å². The number of aliphatic carboxylic acids is 2. The maximum atomic E-state index is 13.0. The Labute approximate surface area is 209 Å². The third-order valence-corrected chi connectivity index (χ3v) is 5.00. The van der Waals surface area contributed by atoms with E-state index in [1.807, 2.05) is 0 Å². The molecule has 0 aromatic rings. The first-order valence-electron chi connectivity index (χ1n) is 11.5. The molecule has 0 bridgehead atoms. The van der Waals surface area contributed by atoms with Gasteiger partial charge in [0.05, 0.1) is 6.10 Å². The number of carbonyl (C=O) groups excluding carboxylic acids is 3. The molecule has 0 fully saturated rings. The second-order valence-electron chi connectivity index (χ2n) is 8.80. The van der Waals surface area contributed by atoms with Gasteiger partial charge in [-0.25, -0.2) is 4.79 Å². The number of amides is 3. The van der Waals surface area contributed by atoms with Crippen molar-refractivity contribution in [2.45, 2.75) is 83.1 Å². The highest BCUT2D eigenvalue weighted by molar-refractivity contribution is 5.94. The Hall–Kier alpha value is -3.46. The summed E-state index contributed by atoms with van der Waals surface area (Å²) in [6.07, 6.45) is -1.67. The fourth-order valence-corrected chi connectivity index (χ4v) is 3.03. The van der Waals surface area contributed by atoms with E-state index in [1.54, 1.807) is 13.8 Å². The Balaban J connectivity index is 5.68. The van der Waals surface area contributed by atoms with Crippen LogP contribution in [0.4, 0.5) is 0 Å². The molecule has 0 aliphatic heterocycles. The number of aliphatic hydroxyl groups excluding tert-OH is 1. The summed E-state index contributed by atoms with van der Waals surface area (Å²) in [4.78, 5) is 64.5. The predicted molar refractivity (Wildman–Crippen MR) is 129 cm³/mol. The zero-order chi connectivity index (χ0) is 28.0. The van der Waals surface area contributed by atoms with Crippen molar-refractivity contribution in [1.82, 2.24) is 16.0 Å². The summed E-state index contributed by atoms with van der Waals surface area (Å²) in [6, 6.07) is -5.22. The molecule has 0 aliphatic carbocycles. The fourth-order valence-electron chi connectivity index (χ4n) is 3.03. The molecule has 5 atom stereocenters. The molecular formula is C21H39N7O8. The van der Waals surface area contributed by atoms with Crippen LogP contribution in [0.25, 0.3) is 0 Å². The van der Waals surface area contributed by atoms with Crippen LogP contribution in [0, 0.1) is 5.92 Å². The Bertz CT molecular complexity index is 799. The van der Waals surface area contributed by atoms with Crippen molar-refractivity contribution in [2.75, 3.05) is 6.54 Å². The first-order valence-corrected chi connectivity index (χ1v) is 11.5. The molecule has 12 N–H and O–H groups in total. The standard InChI is InChI=1S/C21H39N7O8/c1-10(2)9-14(20(35)36)28-18(33)13(6-7-15(30)31)26-17(32)12(5-4-8-25-21(23)24)27-19(34)16(22)11(3)29/h10-14,16,29H,4-9,22H2,1-3H3,(H,26,32)(H,27,34)(H,28,33)(H,30,31)(H,35,36)(H4,23,24,25). The first kappa shape index (κ1) is 32.5. The number of nitrogens with one attached hydrogen (secondary N) is 3. The second kappa shape index (κ2) is 16.3. The zero-order valence-corrected chi connectivity index (χ0v) is 20.8. The minimum atomic E-state index is -1.40. The zero-order valence-electron chi connectivity index (χ0n) is 20.8. The number of guanidine groups is 1. The minimum Gasteiger partial charge on any atom is -0.481 e. The number of hydrogen-bond donors (Lipinski definition) is 9. The average molecular weight is 518 g/mol. The summed E-state index contributed by atoms with van der Waals surface area (Å²) in [5, 5.41) is 35.1. The number of nitrogens with two attached hydrogens (primary N) is 3. The number of carboxylic acids is 2. The van der Waals surface area contributed by atoms with Crippen LogP contribution < -0.4 is 33.2 Å². The molecule has 15 nitrogen and oxygen atoms in total. The van der Waals surface area contributed by atoms with Crippen LogP contribution >= 0.6 is 0 Å². The predicted octanol–water partition coefficient (Wildman–Crippen LogP) is -2.80. The van der Waals surface area contributed by atoms with Crippen LogP contribution in [-0.2, 0) is 24.0 Å². The van der Waals surface area contributed by atoms with Gasteiger partial charge in [-0.1, -0.05) is 13.8 Å². The van der Waals surface area contributed by atoms with E-state index in [1.165, 1.54) is 6.92 Å². The van der Waals surface area contributed by atoms with Crippen molar-refractivity contribution in [3.63, 3.8) is 0 Å². The Morgan fingerprint density at radius 2 is 1.33 bits per heavy atom. The van der Waals surface area contributed by atoms with Gasteiger partial charge in [0.2, 0.25) is 17.7 Å². The van der Waals surface area contributed by atoms with Gasteiger partial charge in [-0.3, -0.25) is 24.2 Å². The summed E-state index contributed by atoms with van der Waals surface area (Å²) in [5.41, 5.74) is 16.2. The van der Waals surface area contributed by atoms with Gasteiger partial charge in [0.25, 0.3) is 0 Å². The molecule has 0 aliphatic rings. The Morgan fingerprint density at radius 1 is 0.833 bits per heavy atom. The molecule has 36 heavy (non-hydrogen) atoms. The number of carboxylic acid groups (broad SMARTS) is 2. The summed E-state index contributed by atoms with van der Waals surface area (Å²) in [7, 11) is 0. The van der Waals surface area contributed by atoms with E-state index < -0.39 is 66.4 Å². The van der Waals surface area contributed by atoms with Crippen LogP contribution in [0.5, 0.6) is 0 Å². The van der Waals surface area contributed by atoms with Gasteiger partial charge in [0.15, 0.2) is 5.96 Å². The summed E-state index contributed by atoms with van der Waals surface area (Å²) in [5.74, 6) is -5.31. The van der Waals surface area contributed by atoms with E-state index in [4.69, 9.17) is 22.3 Å². The number of aliphatic hydroxyl groups is 1. The summed E-state index contributed by atoms with van der Waals surface area (Å²) >= 11 is 0. The number of carbonyl (C=O) groups is 5. The van der Waals surface area contributed by atoms with Crippen molar-refractivity contribution in [2.24, 2.45) is 28.1 Å². The highest BCUT2D eigenvalue weighted by atomic mass is 16.4. The average Bonchev–Trinajstić information content (AvgIpc) is 2.76. The number of nitrogens with zero attached hydrogens (tertiary/aromatic N) is 1. The maximum Gasteiger partial charge on any atom is 0.326 e. The van der Waals surface area contributed by atoms with Crippen molar-refractivity contribution in [3.8, 4) is 0 Å². The van der Waals surface area contributed by atoms with Crippen LogP contribution in [0.15, 0.2) is 4.99 Å². The first-order chi connectivity index (χ1) is 16.6. The van der Waals surface area contributed by atoms with E-state index in [9.17, 15) is 34.2 Å². The molecule has 0 radical (unpaired) electrons. The Kier molecular flexibility index (Phi) is 14.7. The summed E-state index contributed by atoms with van der Waals surface area (Å²) < 4.78 is 0. The fraction of sp³-hybridized carbons (Fsp3) is 0.714. The monoisotopic (exact) mass is 517 g/mol. The number of aliphatic imine (C=N–C) groups is 1. The smallest absolute Gasteiger partial charge is 0.326 e. The molecule has 0 saturated carbocycles. The lowest BCUT2D eigenvalue weighted by Crippen LogP contribution is -2.58. The van der Waals surface area contributed by atoms with Gasteiger partial charge >= 0.3 is 11.9 Å². The third kappa shape index (κ3) is 13.4. The van der Waals surface area contributed by atoms with Crippen LogP contribution in [0.1, 0.15) is 52.9 Å². The largest absolute Gasteiger partial charge is 0.481 e. The van der Waals surface area contributed by atoms with Crippen molar-refractivity contribution >= 4 is 35.6 Å². The highest BCUT2D eigenvalue weighted by Crippen LogP contribution is 2.08. The van der Waals surface area contributed by atoms with Gasteiger partial charge in [-0.2, -0.15) is 0 Å². The lowest BCUT2D eigenvalue weighted by molar-refractivity contribution is -0.143. The van der Waals surface area contributed by atoms with E-state index in [0.717, 1.165) is 0 Å². The van der Waals surface area contributed by atoms with Gasteiger partial charge in [0, 0.05) is 13.0 Å². The Morgan fingerprint density at radius 3 is 1.78 bits per heavy atom. The lowest BCUT2D eigenvalue weighted by Gasteiger charge is -2.25. The molecule has 0 aromatic heterocycles. The molecule has 15 heteroatoms. The summed E-state index contributed by atoms with van der Waals surface area (Å²) in [6.45, 7) is 4.95. The quantitative estimate of drug-likeness (QED) is 0.0539. The van der Waals surface area contributed by atoms with Crippen molar-refractivity contribution < 1.29 is 39.3 Å². The van der Waals surface area contributed by atoms with E-state index in [2.05, 4.69) is 20.9 Å². The molecular weight excluding hydrogens is 478 g/mol. The minimum absolute atomic E-state index is 0.0131. The molecule has 0 aromatic carbocycles. The van der Waals surface area contributed by atoms with Crippen LogP contribution in [0.3, 0.4) is 0 Å². The maximum absolute atomic E-state index is 13.0. The van der Waals surface area contributed by atoms with E-state index in [0.29, 0.717) is 0 Å². The number of rotatable bonds is 17. The molecule has 0 spiro atoms. The SMILES string of the molecule is CC(C)CC(NC(=O)C(CCC(=O)O)NC(=O)C(CCCN=C(N)N)NC(=O)C(N)C(C)O)C(=O)O. The van der Waals surface area contributed by atoms with Gasteiger partial charge in [-0.05, 0) is 38.5 Å². The second-order valence-corrected chi connectivity index (χ2v) is 8.80. The van der Waals surface area contributed by atoms with Gasteiger partial charge in [-0.15, -0.1) is 0 Å². The van der Waals surface area contributed by atoms with Crippen molar-refractivity contribution in [3.05, 3.63) is 0 Å². The van der Waals surface area contributed by atoms with Crippen LogP contribution in [0.2, 0.25) is 0 Å². The molecule has 5 unspecified atom stereocenters. The lowest BCUT2D eigenvalue weighted by atomic mass is 10.0. The number of hydrogen-bond acceptors (Lipinski definition) is 8. The molecule has 0 saturated heterocycles. The topological polar surface area (TPSA) is 273 Å². The van der Waals surface area contributed by atoms with E-state index >= 15 is 0 Å². The third-order valence-electron chi connectivity index (χ3n) is 5.00. The van der Waals surface area contributed by atoms with Crippen molar-refractivity contribution in [1.29, 1.82) is 0 Å². The molecule has 0 heterocycles. The van der Waals surface area contributed by atoms with Gasteiger partial charge in [0.1, 0.15) is 24.2 Å².